The summed E-state index contributed by atoms with van der Waals surface area (Å²) in [6.07, 6.45) is -7.72. The lowest BCUT2D eigenvalue weighted by atomic mass is 10.2. The highest BCUT2D eigenvalue weighted by atomic mass is 35.5. The summed E-state index contributed by atoms with van der Waals surface area (Å²) in [4.78, 5) is 70.7. The van der Waals surface area contributed by atoms with Gasteiger partial charge in [-0.25, -0.2) is 14.6 Å². The van der Waals surface area contributed by atoms with Crippen LogP contribution < -0.4 is 20.7 Å². The van der Waals surface area contributed by atoms with E-state index >= 15 is 0 Å². The Morgan fingerprint density at radius 2 is 1.52 bits per heavy atom. The first kappa shape index (κ1) is 39.1. The van der Waals surface area contributed by atoms with E-state index in [4.69, 9.17) is 21.1 Å². The molecule has 0 unspecified atom stereocenters. The zero-order chi connectivity index (χ0) is 37.8. The first-order valence-electron chi connectivity index (χ1n) is 14.9. The van der Waals surface area contributed by atoms with Gasteiger partial charge in [-0.1, -0.05) is 35.7 Å². The van der Waals surface area contributed by atoms with Crippen molar-refractivity contribution < 1.29 is 41.8 Å². The maximum Gasteiger partial charge on any atom is 0.471 e. The molecule has 0 atom stereocenters. The molecule has 0 aliphatic carbocycles. The number of pyridine rings is 2. The van der Waals surface area contributed by atoms with Crippen molar-refractivity contribution in [3.63, 3.8) is 0 Å². The summed E-state index contributed by atoms with van der Waals surface area (Å²) in [5, 5.41) is 1.97. The van der Waals surface area contributed by atoms with Crippen molar-refractivity contribution in [1.29, 1.82) is 0 Å². The number of hydrogen-bond acceptors (Lipinski definition) is 8. The van der Waals surface area contributed by atoms with Crippen molar-refractivity contribution >= 4 is 52.8 Å². The number of aromatic nitrogens is 2. The second kappa shape index (κ2) is 15.0. The summed E-state index contributed by atoms with van der Waals surface area (Å²) >= 11 is 6.25. The van der Waals surface area contributed by atoms with Gasteiger partial charge in [0.15, 0.2) is 5.82 Å². The third kappa shape index (κ3) is 10.1. The van der Waals surface area contributed by atoms with Crippen LogP contribution in [0.2, 0.25) is 5.02 Å². The largest absolute Gasteiger partial charge is 0.471 e. The number of benzene rings is 1. The Labute approximate surface area is 291 Å². The molecule has 3 aromatic rings. The fraction of sp³-hybridized carbons (Fsp3) is 0.353. The van der Waals surface area contributed by atoms with E-state index in [1.165, 1.54) is 37.1 Å². The number of carbonyl (C=O) groups is 4. The lowest BCUT2D eigenvalue weighted by Crippen LogP contribution is -2.44. The Balaban J connectivity index is 2.17. The van der Waals surface area contributed by atoms with E-state index in [1.807, 2.05) is 0 Å². The maximum atomic E-state index is 13.5. The monoisotopic (exact) mass is 717 g/mol. The van der Waals surface area contributed by atoms with Crippen LogP contribution >= 0.6 is 11.6 Å². The van der Waals surface area contributed by atoms with Crippen molar-refractivity contribution in [2.24, 2.45) is 0 Å². The number of amides is 4. The molecule has 2 aromatic heterocycles. The molecule has 2 heterocycles. The number of ether oxygens (including phenoxy) is 2. The number of hydrogen-bond donors (Lipinski definition) is 1. The first-order valence-corrected chi connectivity index (χ1v) is 15.2. The standard InChI is InChI=1S/C34H35ClF3N5O7/c1-20-19-23(40-29(46)34(36,37)38)22(39-27(20)43(30(47)49-32(2,3)4)31(48)50-33(5,6)7)14-12-18-42-25(16-11-17-26(42)44)28(45)41(8)24-15-10-9-13-21(24)35/h9-11,13,15-17,19H,18H2,1-8H3,(H,40,46). The predicted octanol–water partition coefficient (Wildman–Crippen LogP) is 6.71. The molecular formula is C34H35ClF3N5O7. The Kier molecular flexibility index (Phi) is 11.8. The highest BCUT2D eigenvalue weighted by molar-refractivity contribution is 6.34. The van der Waals surface area contributed by atoms with Gasteiger partial charge in [0.2, 0.25) is 0 Å². The molecule has 0 fully saturated rings. The van der Waals surface area contributed by atoms with Crippen LogP contribution in [0, 0.1) is 18.8 Å². The number of imide groups is 1. The smallest absolute Gasteiger partial charge is 0.443 e. The van der Waals surface area contributed by atoms with Crippen LogP contribution in [-0.4, -0.2) is 58.0 Å². The number of halogens is 4. The molecule has 16 heteroatoms. The van der Waals surface area contributed by atoms with Gasteiger partial charge in [-0.05, 0) is 84.2 Å². The summed E-state index contributed by atoms with van der Waals surface area (Å²) < 4.78 is 51.6. The molecule has 1 N–H and O–H groups in total. The van der Waals surface area contributed by atoms with Crippen LogP contribution in [0.25, 0.3) is 0 Å². The lowest BCUT2D eigenvalue weighted by molar-refractivity contribution is -0.167. The van der Waals surface area contributed by atoms with Crippen LogP contribution in [0.15, 0.2) is 53.3 Å². The summed E-state index contributed by atoms with van der Waals surface area (Å²) in [5.74, 6) is 1.69. The number of nitrogens with one attached hydrogen (secondary N) is 1. The number of aryl methyl sites for hydroxylation is 1. The molecule has 0 aliphatic rings. The van der Waals surface area contributed by atoms with Crippen molar-refractivity contribution in [3.05, 3.63) is 80.9 Å². The minimum Gasteiger partial charge on any atom is -0.443 e. The van der Waals surface area contributed by atoms with Crippen LogP contribution in [-0.2, 0) is 20.8 Å². The topological polar surface area (TPSA) is 140 Å². The molecule has 4 amide bonds. The Morgan fingerprint density at radius 1 is 0.940 bits per heavy atom. The second-order valence-electron chi connectivity index (χ2n) is 12.7. The predicted molar refractivity (Wildman–Crippen MR) is 180 cm³/mol. The fourth-order valence-corrected chi connectivity index (χ4v) is 4.42. The van der Waals surface area contributed by atoms with Gasteiger partial charge in [-0.3, -0.25) is 19.0 Å². The third-order valence-corrected chi connectivity index (χ3v) is 6.61. The van der Waals surface area contributed by atoms with E-state index in [0.29, 0.717) is 10.6 Å². The molecule has 266 valence electrons. The van der Waals surface area contributed by atoms with Crippen LogP contribution in [0.4, 0.5) is 40.0 Å². The highest BCUT2D eigenvalue weighted by Crippen LogP contribution is 2.29. The van der Waals surface area contributed by atoms with E-state index < -0.39 is 70.7 Å². The Hall–Kier alpha value is -5.36. The first-order chi connectivity index (χ1) is 23.0. The van der Waals surface area contributed by atoms with Gasteiger partial charge in [0, 0.05) is 13.1 Å². The maximum absolute atomic E-state index is 13.5. The van der Waals surface area contributed by atoms with Crippen LogP contribution in [0.1, 0.15) is 63.3 Å². The van der Waals surface area contributed by atoms with Crippen molar-refractivity contribution in [3.8, 4) is 11.8 Å². The van der Waals surface area contributed by atoms with Gasteiger partial charge in [0.1, 0.15) is 22.6 Å². The number of nitrogens with zero attached hydrogens (tertiary/aromatic N) is 4. The summed E-state index contributed by atoms with van der Waals surface area (Å²) in [5.41, 5.74) is -3.65. The molecule has 0 saturated heterocycles. The highest BCUT2D eigenvalue weighted by Gasteiger charge is 2.40. The molecule has 0 bridgehead atoms. The zero-order valence-corrected chi connectivity index (χ0v) is 29.2. The fourth-order valence-electron chi connectivity index (χ4n) is 4.15. The van der Waals surface area contributed by atoms with Crippen molar-refractivity contribution in [1.82, 2.24) is 9.55 Å². The molecule has 50 heavy (non-hydrogen) atoms. The summed E-state index contributed by atoms with van der Waals surface area (Å²) in [7, 11) is 1.45. The van der Waals surface area contributed by atoms with Gasteiger partial charge in [-0.15, -0.1) is 0 Å². The zero-order valence-electron chi connectivity index (χ0n) is 28.5. The molecule has 0 spiro atoms. The number of anilines is 3. The lowest BCUT2D eigenvalue weighted by Gasteiger charge is -2.29. The number of rotatable bonds is 5. The molecule has 3 rings (SSSR count). The van der Waals surface area contributed by atoms with Gasteiger partial charge in [-0.2, -0.15) is 18.1 Å². The minimum absolute atomic E-state index is 0.0421. The normalized spacial score (nSPS) is 11.5. The average Bonchev–Trinajstić information content (AvgIpc) is 2.97. The summed E-state index contributed by atoms with van der Waals surface area (Å²) in [6, 6.07) is 11.4. The molecule has 1 aromatic carbocycles. The van der Waals surface area contributed by atoms with Gasteiger partial charge in [0.05, 0.1) is 22.9 Å². The van der Waals surface area contributed by atoms with E-state index in [9.17, 15) is 37.1 Å². The van der Waals surface area contributed by atoms with E-state index in [1.54, 1.807) is 71.1 Å². The Morgan fingerprint density at radius 3 is 2.06 bits per heavy atom. The van der Waals surface area contributed by atoms with Crippen LogP contribution in [0.3, 0.4) is 0 Å². The number of carbonyl (C=O) groups excluding carboxylic acids is 4. The SMILES string of the molecule is Cc1cc(NC(=O)C(F)(F)F)c(C#CCn2c(C(=O)N(C)c3ccccc3Cl)cccc2=O)nc1N(C(=O)OC(C)(C)C)C(=O)OC(C)(C)C. The van der Waals surface area contributed by atoms with E-state index in [0.717, 1.165) is 10.6 Å². The van der Waals surface area contributed by atoms with E-state index in [-0.39, 0.29) is 16.3 Å². The van der Waals surface area contributed by atoms with Crippen molar-refractivity contribution in [2.75, 3.05) is 22.2 Å². The van der Waals surface area contributed by atoms with Gasteiger partial charge in [0.25, 0.3) is 11.5 Å². The quantitative estimate of drug-likeness (QED) is 0.287. The van der Waals surface area contributed by atoms with Gasteiger partial charge >= 0.3 is 24.3 Å². The molecule has 12 nitrogen and oxygen atoms in total. The number of para-hydroxylation sites is 1. The van der Waals surface area contributed by atoms with Crippen molar-refractivity contribution in [2.45, 2.75) is 72.4 Å². The minimum atomic E-state index is -5.30. The van der Waals surface area contributed by atoms with Gasteiger partial charge < -0.3 is 19.7 Å². The summed E-state index contributed by atoms with van der Waals surface area (Å²) in [6.45, 7) is 10.1. The third-order valence-electron chi connectivity index (χ3n) is 6.29. The molecule has 0 aliphatic heterocycles. The average molecular weight is 718 g/mol. The molecule has 0 radical (unpaired) electrons. The Bertz CT molecular complexity index is 1910. The molecular weight excluding hydrogens is 683 g/mol. The van der Waals surface area contributed by atoms with E-state index in [2.05, 4.69) is 16.8 Å². The second-order valence-corrected chi connectivity index (χ2v) is 13.1. The molecule has 0 saturated carbocycles. The number of alkyl halides is 3. The van der Waals surface area contributed by atoms with Crippen LogP contribution in [0.5, 0.6) is 0 Å².